The minimum absolute atomic E-state index is 0.173. The number of hydrogen-bond donors (Lipinski definition) is 2. The topological polar surface area (TPSA) is 66.8 Å². The number of aliphatic hydroxyl groups is 1. The van der Waals surface area contributed by atoms with Crippen LogP contribution in [0.2, 0.25) is 0 Å². The largest absolute Gasteiger partial charge is 0.497 e. The first-order valence-electron chi connectivity index (χ1n) is 6.09. The Morgan fingerprint density at radius 1 is 1.33 bits per heavy atom. The minimum atomic E-state index is -1.72. The number of rotatable bonds is 6. The first-order valence-corrected chi connectivity index (χ1v) is 6.09. The normalized spacial score (nSPS) is 15.8. The average molecular weight is 252 g/mol. The maximum atomic E-state index is 11.3. The van der Waals surface area contributed by atoms with Gasteiger partial charge in [-0.05, 0) is 30.5 Å². The molecule has 1 aromatic rings. The highest BCUT2D eigenvalue weighted by Crippen LogP contribution is 2.35. The molecule has 0 aliphatic heterocycles. The van der Waals surface area contributed by atoms with Gasteiger partial charge in [0, 0.05) is 5.92 Å². The van der Waals surface area contributed by atoms with Crippen molar-refractivity contribution in [1.82, 2.24) is 0 Å². The molecule has 0 heterocycles. The average Bonchev–Trinajstić information content (AvgIpc) is 2.39. The number of hydrogen-bond acceptors (Lipinski definition) is 3. The summed E-state index contributed by atoms with van der Waals surface area (Å²) < 4.78 is 5.06. The van der Waals surface area contributed by atoms with Crippen LogP contribution in [0, 0.1) is 0 Å². The summed E-state index contributed by atoms with van der Waals surface area (Å²) in [6.07, 6.45) is 0.732. The zero-order chi connectivity index (χ0) is 13.8. The van der Waals surface area contributed by atoms with Gasteiger partial charge in [0.15, 0.2) is 5.60 Å². The molecule has 0 aliphatic rings. The lowest BCUT2D eigenvalue weighted by Crippen LogP contribution is -2.43. The lowest BCUT2D eigenvalue weighted by molar-refractivity contribution is -0.161. The van der Waals surface area contributed by atoms with Gasteiger partial charge in [-0.15, -0.1) is 0 Å². The number of carboxylic acid groups (broad SMARTS) is 1. The van der Waals surface area contributed by atoms with Crippen LogP contribution >= 0.6 is 0 Å². The number of carbonyl (C=O) groups is 1. The molecule has 0 saturated heterocycles. The Balaban J connectivity index is 3.11. The van der Waals surface area contributed by atoms with E-state index >= 15 is 0 Å². The summed E-state index contributed by atoms with van der Waals surface area (Å²) in [5, 5.41) is 19.5. The zero-order valence-electron chi connectivity index (χ0n) is 11.0. The lowest BCUT2D eigenvalue weighted by atomic mass is 9.78. The molecular formula is C14H20O4. The molecule has 1 aromatic carbocycles. The predicted octanol–water partition coefficient (Wildman–Crippen LogP) is 2.41. The monoisotopic (exact) mass is 252 g/mol. The second-order valence-corrected chi connectivity index (χ2v) is 4.32. The van der Waals surface area contributed by atoms with Crippen LogP contribution in [0.1, 0.15) is 38.2 Å². The van der Waals surface area contributed by atoms with Gasteiger partial charge >= 0.3 is 5.97 Å². The molecule has 2 N–H and O–H groups in total. The lowest BCUT2D eigenvalue weighted by Gasteiger charge is -2.31. The highest BCUT2D eigenvalue weighted by molar-refractivity contribution is 5.78. The molecule has 0 bridgehead atoms. The number of aliphatic carboxylic acids is 1. The third kappa shape index (κ3) is 2.64. The summed E-state index contributed by atoms with van der Waals surface area (Å²) in [7, 11) is 1.58. The number of methoxy groups -OCH3 is 1. The molecule has 100 valence electrons. The van der Waals surface area contributed by atoms with Crippen molar-refractivity contribution < 1.29 is 19.7 Å². The number of benzene rings is 1. The third-order valence-corrected chi connectivity index (χ3v) is 3.41. The van der Waals surface area contributed by atoms with E-state index in [1.54, 1.807) is 38.3 Å². The van der Waals surface area contributed by atoms with Crippen molar-refractivity contribution in [3.8, 4) is 5.75 Å². The molecule has 0 saturated carbocycles. The highest BCUT2D eigenvalue weighted by atomic mass is 16.5. The van der Waals surface area contributed by atoms with Crippen molar-refractivity contribution in [2.75, 3.05) is 7.11 Å². The molecule has 0 aliphatic carbocycles. The van der Waals surface area contributed by atoms with Crippen molar-refractivity contribution in [3.63, 3.8) is 0 Å². The third-order valence-electron chi connectivity index (χ3n) is 3.41. The molecular weight excluding hydrogens is 232 g/mol. The molecule has 4 heteroatoms. The van der Waals surface area contributed by atoms with E-state index in [9.17, 15) is 15.0 Å². The van der Waals surface area contributed by atoms with Gasteiger partial charge in [0.05, 0.1) is 7.11 Å². The van der Waals surface area contributed by atoms with Gasteiger partial charge in [-0.3, -0.25) is 0 Å². The van der Waals surface area contributed by atoms with Gasteiger partial charge in [0.2, 0.25) is 0 Å². The van der Waals surface area contributed by atoms with E-state index in [2.05, 4.69) is 0 Å². The summed E-state index contributed by atoms with van der Waals surface area (Å²) in [4.78, 5) is 11.3. The molecule has 2 atom stereocenters. The second kappa shape index (κ2) is 5.87. The number of ether oxygens (including phenoxy) is 1. The molecule has 0 aromatic heterocycles. The van der Waals surface area contributed by atoms with Crippen LogP contribution in [0.3, 0.4) is 0 Å². The van der Waals surface area contributed by atoms with Gasteiger partial charge in [0.1, 0.15) is 5.75 Å². The second-order valence-electron chi connectivity index (χ2n) is 4.32. The number of carboxylic acids is 1. The Hall–Kier alpha value is -1.55. The fourth-order valence-electron chi connectivity index (χ4n) is 2.23. The Bertz CT molecular complexity index is 399. The van der Waals surface area contributed by atoms with Gasteiger partial charge in [0.25, 0.3) is 0 Å². The molecule has 2 unspecified atom stereocenters. The fourth-order valence-corrected chi connectivity index (χ4v) is 2.23. The summed E-state index contributed by atoms with van der Waals surface area (Å²) in [6, 6.07) is 7.15. The Morgan fingerprint density at radius 2 is 1.89 bits per heavy atom. The van der Waals surface area contributed by atoms with Crippen LogP contribution in [-0.4, -0.2) is 28.9 Å². The smallest absolute Gasteiger partial charge is 0.336 e. The SMILES string of the molecule is CCC(c1ccc(OC)cc1)C(O)(CC)C(=O)O. The van der Waals surface area contributed by atoms with Crippen LogP contribution in [0.4, 0.5) is 0 Å². The van der Waals surface area contributed by atoms with Gasteiger partial charge in [-0.2, -0.15) is 0 Å². The highest BCUT2D eigenvalue weighted by Gasteiger charge is 2.42. The van der Waals surface area contributed by atoms with Crippen LogP contribution in [-0.2, 0) is 4.79 Å². The van der Waals surface area contributed by atoms with Crippen LogP contribution in [0.15, 0.2) is 24.3 Å². The van der Waals surface area contributed by atoms with Crippen molar-refractivity contribution in [3.05, 3.63) is 29.8 Å². The quantitative estimate of drug-likeness (QED) is 0.816. The van der Waals surface area contributed by atoms with E-state index in [0.29, 0.717) is 12.2 Å². The Labute approximate surface area is 107 Å². The molecule has 4 nitrogen and oxygen atoms in total. The van der Waals surface area contributed by atoms with Crippen LogP contribution < -0.4 is 4.74 Å². The van der Waals surface area contributed by atoms with Gasteiger partial charge in [-0.25, -0.2) is 4.79 Å². The first-order chi connectivity index (χ1) is 8.49. The minimum Gasteiger partial charge on any atom is -0.497 e. The maximum Gasteiger partial charge on any atom is 0.336 e. The van der Waals surface area contributed by atoms with Crippen LogP contribution in [0.5, 0.6) is 5.75 Å². The molecule has 0 fully saturated rings. The molecule has 0 spiro atoms. The fraction of sp³-hybridized carbons (Fsp3) is 0.500. The molecule has 1 rings (SSSR count). The molecule has 0 radical (unpaired) electrons. The zero-order valence-corrected chi connectivity index (χ0v) is 11.0. The van der Waals surface area contributed by atoms with Crippen molar-refractivity contribution in [2.45, 2.75) is 38.2 Å². The maximum absolute atomic E-state index is 11.3. The van der Waals surface area contributed by atoms with Crippen molar-refractivity contribution >= 4 is 5.97 Å². The standard InChI is InChI=1S/C14H20O4/c1-4-12(14(17,5-2)13(15)16)10-6-8-11(18-3)9-7-10/h6-9,12,17H,4-5H2,1-3H3,(H,15,16). The summed E-state index contributed by atoms with van der Waals surface area (Å²) in [5.74, 6) is -0.887. The van der Waals surface area contributed by atoms with E-state index in [1.165, 1.54) is 0 Å². The summed E-state index contributed by atoms with van der Waals surface area (Å²) in [6.45, 7) is 3.55. The van der Waals surface area contributed by atoms with Crippen LogP contribution in [0.25, 0.3) is 0 Å². The summed E-state index contributed by atoms with van der Waals surface area (Å²) in [5.41, 5.74) is -0.909. The Kier molecular flexibility index (Phi) is 4.73. The van der Waals surface area contributed by atoms with Crippen molar-refractivity contribution in [2.24, 2.45) is 0 Å². The van der Waals surface area contributed by atoms with E-state index in [1.807, 2.05) is 6.92 Å². The van der Waals surface area contributed by atoms with E-state index in [4.69, 9.17) is 4.74 Å². The van der Waals surface area contributed by atoms with E-state index in [-0.39, 0.29) is 6.42 Å². The van der Waals surface area contributed by atoms with E-state index < -0.39 is 17.5 Å². The molecule has 0 amide bonds. The van der Waals surface area contributed by atoms with Gasteiger partial charge in [-0.1, -0.05) is 26.0 Å². The van der Waals surface area contributed by atoms with Gasteiger partial charge < -0.3 is 14.9 Å². The molecule has 18 heavy (non-hydrogen) atoms. The Morgan fingerprint density at radius 3 is 2.22 bits per heavy atom. The van der Waals surface area contributed by atoms with E-state index in [0.717, 1.165) is 5.56 Å². The summed E-state index contributed by atoms with van der Waals surface area (Å²) >= 11 is 0. The predicted molar refractivity (Wildman–Crippen MR) is 68.9 cm³/mol. The first kappa shape index (κ1) is 14.5. The van der Waals surface area contributed by atoms with Crippen molar-refractivity contribution in [1.29, 1.82) is 0 Å².